The second-order valence-corrected chi connectivity index (χ2v) is 12.2. The van der Waals surface area contributed by atoms with Gasteiger partial charge in [-0.05, 0) is 74.8 Å². The van der Waals surface area contributed by atoms with Crippen LogP contribution >= 0.6 is 0 Å². The van der Waals surface area contributed by atoms with Crippen molar-refractivity contribution in [3.05, 3.63) is 82.2 Å². The molecule has 0 spiro atoms. The van der Waals surface area contributed by atoms with Gasteiger partial charge in [-0.2, -0.15) is 0 Å². The van der Waals surface area contributed by atoms with Gasteiger partial charge in [0.15, 0.2) is 11.6 Å². The van der Waals surface area contributed by atoms with Crippen molar-refractivity contribution in [2.75, 3.05) is 19.7 Å². The molecule has 3 aliphatic rings. The Bertz CT molecular complexity index is 1370. The zero-order valence-electron chi connectivity index (χ0n) is 24.4. The first-order chi connectivity index (χ1) is 20.2. The van der Waals surface area contributed by atoms with E-state index in [-0.39, 0.29) is 24.5 Å². The Morgan fingerprint density at radius 2 is 1.81 bits per heavy atom. The van der Waals surface area contributed by atoms with E-state index in [4.69, 9.17) is 0 Å². The van der Waals surface area contributed by atoms with Gasteiger partial charge in [-0.3, -0.25) is 19.4 Å². The molecule has 2 heterocycles. The number of carbonyl (C=O) groups excluding carboxylic acids is 2. The van der Waals surface area contributed by atoms with Crippen LogP contribution in [-0.2, 0) is 16.1 Å². The number of piperidine rings is 1. The molecule has 0 saturated carbocycles. The number of phenols is 1. The minimum atomic E-state index is -0.874. The van der Waals surface area contributed by atoms with Gasteiger partial charge in [0, 0.05) is 31.6 Å². The number of phenolic OH excluding ortho intramolecular Hbond substituents is 1. The van der Waals surface area contributed by atoms with Crippen LogP contribution in [0.3, 0.4) is 0 Å². The largest absolute Gasteiger partial charge is 0.505 e. The second kappa shape index (κ2) is 12.9. The van der Waals surface area contributed by atoms with E-state index < -0.39 is 35.4 Å². The summed E-state index contributed by atoms with van der Waals surface area (Å²) in [5, 5.41) is 31.2. The van der Waals surface area contributed by atoms with Crippen molar-refractivity contribution in [1.82, 2.24) is 9.80 Å². The highest BCUT2D eigenvalue weighted by atomic mass is 19.1. The van der Waals surface area contributed by atoms with Gasteiger partial charge in [0.2, 0.25) is 11.8 Å². The smallest absolute Gasteiger partial charge is 0.234 e. The first-order valence-electron chi connectivity index (χ1n) is 14.9. The maximum absolute atomic E-state index is 13.8. The van der Waals surface area contributed by atoms with E-state index in [1.165, 1.54) is 22.6 Å². The first-order valence-corrected chi connectivity index (χ1v) is 14.9. The highest BCUT2D eigenvalue weighted by molar-refractivity contribution is 6.06. The quantitative estimate of drug-likeness (QED) is 0.296. The first kappa shape index (κ1) is 30.1. The minimum absolute atomic E-state index is 0.141. The number of halogens is 1. The Labute approximate surface area is 247 Å². The fourth-order valence-electron chi connectivity index (χ4n) is 7.17. The molecule has 8 heteroatoms. The lowest BCUT2D eigenvalue weighted by atomic mass is 9.68. The minimum Gasteiger partial charge on any atom is -0.505 e. The molecular weight excluding hydrogens is 535 g/mol. The van der Waals surface area contributed by atoms with Crippen LogP contribution in [0.25, 0.3) is 6.08 Å². The van der Waals surface area contributed by atoms with Crippen LogP contribution in [0.15, 0.2) is 65.3 Å². The van der Waals surface area contributed by atoms with Gasteiger partial charge in [0.05, 0.1) is 24.5 Å². The van der Waals surface area contributed by atoms with Gasteiger partial charge in [-0.25, -0.2) is 4.39 Å². The molecule has 0 radical (unpaired) electrons. The van der Waals surface area contributed by atoms with Crippen molar-refractivity contribution in [2.45, 2.75) is 64.6 Å². The Morgan fingerprint density at radius 3 is 2.48 bits per heavy atom. The van der Waals surface area contributed by atoms with Gasteiger partial charge >= 0.3 is 0 Å². The number of rotatable bonds is 9. The lowest BCUT2D eigenvalue weighted by Gasteiger charge is -2.36. The maximum atomic E-state index is 13.8. The van der Waals surface area contributed by atoms with Crippen LogP contribution in [0.5, 0.6) is 5.75 Å². The third-order valence-corrected chi connectivity index (χ3v) is 9.29. The molecule has 0 unspecified atom stereocenters. The van der Waals surface area contributed by atoms with Gasteiger partial charge in [0.25, 0.3) is 0 Å². The van der Waals surface area contributed by atoms with Gasteiger partial charge < -0.3 is 15.3 Å². The van der Waals surface area contributed by atoms with E-state index in [0.717, 1.165) is 43.6 Å². The predicted molar refractivity (Wildman–Crippen MR) is 158 cm³/mol. The molecule has 3 N–H and O–H groups in total. The predicted octanol–water partition coefficient (Wildman–Crippen LogP) is 4.67. The third-order valence-electron chi connectivity index (χ3n) is 9.29. The second-order valence-electron chi connectivity index (χ2n) is 12.2. The summed E-state index contributed by atoms with van der Waals surface area (Å²) in [4.78, 5) is 31.3. The summed E-state index contributed by atoms with van der Waals surface area (Å²) >= 11 is 0. The lowest BCUT2D eigenvalue weighted by Crippen LogP contribution is -2.47. The molecule has 1 aliphatic carbocycles. The van der Waals surface area contributed by atoms with Crippen molar-refractivity contribution in [2.24, 2.45) is 17.8 Å². The fraction of sp³-hybridized carbons (Fsp3) is 0.471. The number of aliphatic hydroxyl groups is 2. The average Bonchev–Trinajstić information content (AvgIpc) is 3.22. The highest BCUT2D eigenvalue weighted by Crippen LogP contribution is 2.47. The number of amides is 2. The molecule has 2 aromatic rings. The maximum Gasteiger partial charge on any atom is 0.234 e. The zero-order chi connectivity index (χ0) is 30.0. The molecule has 2 aromatic carbocycles. The number of likely N-dealkylation sites (tertiary alicyclic amines) is 2. The van der Waals surface area contributed by atoms with Crippen molar-refractivity contribution >= 4 is 17.9 Å². The Balaban J connectivity index is 1.23. The summed E-state index contributed by atoms with van der Waals surface area (Å²) in [6, 6.07) is 14.3. The number of benzene rings is 2. The van der Waals surface area contributed by atoms with Crippen molar-refractivity contribution in [3.63, 3.8) is 0 Å². The van der Waals surface area contributed by atoms with Crippen LogP contribution < -0.4 is 0 Å². The van der Waals surface area contributed by atoms with Crippen LogP contribution in [-0.4, -0.2) is 68.8 Å². The Morgan fingerprint density at radius 1 is 1.10 bits per heavy atom. The Kier molecular flexibility index (Phi) is 9.25. The molecular formula is C34H41FN2O5. The molecule has 2 amide bonds. The number of hydrogen-bond acceptors (Lipinski definition) is 6. The fourth-order valence-corrected chi connectivity index (χ4v) is 7.17. The van der Waals surface area contributed by atoms with E-state index in [1.807, 2.05) is 32.0 Å². The lowest BCUT2D eigenvalue weighted by molar-refractivity contribution is -0.144. The summed E-state index contributed by atoms with van der Waals surface area (Å²) in [6.45, 7) is 5.93. The average molecular weight is 577 g/mol. The molecule has 4 atom stereocenters. The Hall–Kier alpha value is -3.33. The summed E-state index contributed by atoms with van der Waals surface area (Å²) in [6.07, 6.45) is 3.68. The van der Waals surface area contributed by atoms with Crippen molar-refractivity contribution < 1.29 is 29.3 Å². The number of allylic oxidation sites excluding steroid dienone is 2. The van der Waals surface area contributed by atoms with Crippen LogP contribution in [0, 0.1) is 23.6 Å². The summed E-state index contributed by atoms with van der Waals surface area (Å²) in [5.41, 5.74) is 4.31. The van der Waals surface area contributed by atoms with E-state index in [2.05, 4.69) is 17.0 Å². The number of aromatic hydroxyl groups is 1. The molecule has 2 fully saturated rings. The standard InChI is InChI=1S/C34H41FN2O5/c1-21(16-24-9-11-29(39)28(35)18-24)8-10-30(40)31-22(2)17-26-32(27(31)20-38)34(42)37(33(26)41)25-12-14-36(15-13-25)19-23-6-4-3-5-7-23/h3-7,9,11,16,18,25-27,30,32,38-40H,8,10,12-15,17,19-20H2,1-2H3/b21-16+/t26-,27+,30-,32-/m1/s1. The van der Waals surface area contributed by atoms with Gasteiger partial charge in [-0.15, -0.1) is 0 Å². The topological polar surface area (TPSA) is 101 Å². The molecule has 2 aliphatic heterocycles. The van der Waals surface area contributed by atoms with Gasteiger partial charge in [-0.1, -0.05) is 53.6 Å². The zero-order valence-corrected chi connectivity index (χ0v) is 24.4. The molecule has 42 heavy (non-hydrogen) atoms. The summed E-state index contributed by atoms with van der Waals surface area (Å²) < 4.78 is 13.7. The molecule has 5 rings (SSSR count). The highest BCUT2D eigenvalue weighted by Gasteiger charge is 2.56. The van der Waals surface area contributed by atoms with Crippen molar-refractivity contribution in [1.29, 1.82) is 0 Å². The van der Waals surface area contributed by atoms with Crippen LogP contribution in [0.4, 0.5) is 4.39 Å². The third kappa shape index (κ3) is 6.21. The monoisotopic (exact) mass is 576 g/mol. The van der Waals surface area contributed by atoms with E-state index in [0.29, 0.717) is 30.4 Å². The molecule has 7 nitrogen and oxygen atoms in total. The van der Waals surface area contributed by atoms with Crippen LogP contribution in [0.1, 0.15) is 57.1 Å². The number of nitrogens with zero attached hydrogens (tertiary/aromatic N) is 2. The normalized spacial score (nSPS) is 24.8. The summed E-state index contributed by atoms with van der Waals surface area (Å²) in [5.74, 6) is -3.21. The van der Waals surface area contributed by atoms with E-state index in [9.17, 15) is 29.3 Å². The molecule has 2 saturated heterocycles. The number of imide groups is 1. The number of fused-ring (bicyclic) bond motifs is 1. The number of aliphatic hydroxyl groups excluding tert-OH is 2. The van der Waals surface area contributed by atoms with Gasteiger partial charge in [0.1, 0.15) is 0 Å². The molecule has 0 aromatic heterocycles. The van der Waals surface area contributed by atoms with Crippen molar-refractivity contribution in [3.8, 4) is 5.75 Å². The SMILES string of the molecule is CC1=C([C@H](O)CC/C(C)=C/c2ccc(O)c(F)c2)[C@H](CO)[C@@H]2C(=O)N(C3CCN(Cc4ccccc4)CC3)C(=O)[C@@H]2C1. The number of hydrogen-bond donors (Lipinski definition) is 3. The molecule has 0 bridgehead atoms. The molecule has 224 valence electrons. The van der Waals surface area contributed by atoms with E-state index >= 15 is 0 Å². The van der Waals surface area contributed by atoms with Crippen LogP contribution in [0.2, 0.25) is 0 Å². The van der Waals surface area contributed by atoms with E-state index in [1.54, 1.807) is 12.1 Å². The number of carbonyl (C=O) groups is 2. The summed E-state index contributed by atoms with van der Waals surface area (Å²) in [7, 11) is 0.